The molecule has 1 N–H and O–H groups in total. The van der Waals surface area contributed by atoms with E-state index in [9.17, 15) is 18.0 Å². The van der Waals surface area contributed by atoms with Crippen LogP contribution in [-0.4, -0.2) is 50.5 Å². The molecular formula is C31H38ClN3O4S. The van der Waals surface area contributed by atoms with Crippen molar-refractivity contribution in [1.82, 2.24) is 10.2 Å². The van der Waals surface area contributed by atoms with Gasteiger partial charge in [0.25, 0.3) is 0 Å². The van der Waals surface area contributed by atoms with Gasteiger partial charge in [-0.05, 0) is 41.7 Å². The molecule has 0 saturated heterocycles. The summed E-state index contributed by atoms with van der Waals surface area (Å²) in [6, 6.07) is 22.9. The molecule has 0 spiro atoms. The molecule has 3 aromatic carbocycles. The quantitative estimate of drug-likeness (QED) is 0.263. The number of hydrogen-bond acceptors (Lipinski definition) is 4. The number of nitrogens with zero attached hydrogens (tertiary/aromatic N) is 2. The molecule has 9 heteroatoms. The van der Waals surface area contributed by atoms with Gasteiger partial charge in [-0.2, -0.15) is 0 Å². The van der Waals surface area contributed by atoms with Gasteiger partial charge in [-0.25, -0.2) is 8.42 Å². The maximum Gasteiger partial charge on any atom is 0.244 e. The van der Waals surface area contributed by atoms with Crippen molar-refractivity contribution < 1.29 is 18.0 Å². The number of anilines is 1. The van der Waals surface area contributed by atoms with Gasteiger partial charge in [0, 0.05) is 24.5 Å². The van der Waals surface area contributed by atoms with E-state index >= 15 is 0 Å². The number of para-hydroxylation sites is 1. The molecule has 7 nitrogen and oxygen atoms in total. The highest BCUT2D eigenvalue weighted by molar-refractivity contribution is 7.92. The minimum atomic E-state index is -3.82. The molecule has 0 unspecified atom stereocenters. The molecule has 0 aliphatic rings. The number of aryl methyl sites for hydroxylation is 1. The van der Waals surface area contributed by atoms with Gasteiger partial charge < -0.3 is 10.2 Å². The van der Waals surface area contributed by atoms with E-state index in [1.807, 2.05) is 62.4 Å². The number of carbonyl (C=O) groups is 2. The molecule has 2 amide bonds. The van der Waals surface area contributed by atoms with Gasteiger partial charge in [-0.3, -0.25) is 13.9 Å². The molecule has 0 saturated carbocycles. The van der Waals surface area contributed by atoms with Crippen molar-refractivity contribution in [3.05, 3.63) is 101 Å². The normalized spacial score (nSPS) is 12.0. The fraction of sp³-hybridized carbons (Fsp3) is 0.355. The number of halogens is 1. The number of hydrogen-bond donors (Lipinski definition) is 1. The molecule has 3 aromatic rings. The first-order valence-electron chi connectivity index (χ1n) is 13.6. The summed E-state index contributed by atoms with van der Waals surface area (Å²) in [5.74, 6) is -0.791. The lowest BCUT2D eigenvalue weighted by Gasteiger charge is -2.34. The van der Waals surface area contributed by atoms with E-state index in [1.54, 1.807) is 30.3 Å². The van der Waals surface area contributed by atoms with Crippen LogP contribution in [0.3, 0.4) is 0 Å². The summed E-state index contributed by atoms with van der Waals surface area (Å²) >= 11 is 6.49. The summed E-state index contributed by atoms with van der Waals surface area (Å²) in [6.45, 7) is 4.04. The first-order chi connectivity index (χ1) is 19.2. The lowest BCUT2D eigenvalue weighted by Crippen LogP contribution is -2.53. The van der Waals surface area contributed by atoms with E-state index in [-0.39, 0.29) is 18.9 Å². The van der Waals surface area contributed by atoms with Crippen molar-refractivity contribution in [2.45, 2.75) is 52.1 Å². The summed E-state index contributed by atoms with van der Waals surface area (Å²) in [6.07, 6.45) is 3.66. The fourth-order valence-electron chi connectivity index (χ4n) is 4.52. The van der Waals surface area contributed by atoms with Gasteiger partial charge in [0.15, 0.2) is 0 Å². The fourth-order valence-corrected chi connectivity index (χ4v) is 5.59. The third-order valence-corrected chi connectivity index (χ3v) is 8.21. The molecule has 0 aliphatic heterocycles. The topological polar surface area (TPSA) is 86.8 Å². The van der Waals surface area contributed by atoms with Crippen molar-refractivity contribution in [1.29, 1.82) is 0 Å². The van der Waals surface area contributed by atoms with E-state index in [2.05, 4.69) is 5.32 Å². The third kappa shape index (κ3) is 8.57. The van der Waals surface area contributed by atoms with Gasteiger partial charge in [-0.1, -0.05) is 98.6 Å². The van der Waals surface area contributed by atoms with Crippen molar-refractivity contribution in [3.8, 4) is 0 Å². The number of benzene rings is 3. The second-order valence-corrected chi connectivity index (χ2v) is 12.0. The van der Waals surface area contributed by atoms with Crippen molar-refractivity contribution in [2.24, 2.45) is 0 Å². The van der Waals surface area contributed by atoms with Crippen LogP contribution < -0.4 is 9.62 Å². The number of carbonyl (C=O) groups excluding carboxylic acids is 2. The van der Waals surface area contributed by atoms with Crippen LogP contribution in [0.1, 0.15) is 43.4 Å². The smallest absolute Gasteiger partial charge is 0.244 e. The molecule has 0 radical (unpaired) electrons. The molecule has 0 aromatic heterocycles. The average molecular weight is 584 g/mol. The molecule has 0 fully saturated rings. The summed E-state index contributed by atoms with van der Waals surface area (Å²) in [5, 5.41) is 3.44. The highest BCUT2D eigenvalue weighted by atomic mass is 35.5. The predicted molar refractivity (Wildman–Crippen MR) is 162 cm³/mol. The largest absolute Gasteiger partial charge is 0.354 e. The highest BCUT2D eigenvalue weighted by Gasteiger charge is 2.33. The van der Waals surface area contributed by atoms with Crippen molar-refractivity contribution >= 4 is 39.1 Å². The van der Waals surface area contributed by atoms with E-state index in [4.69, 9.17) is 11.6 Å². The van der Waals surface area contributed by atoms with E-state index < -0.39 is 28.5 Å². The highest BCUT2D eigenvalue weighted by Crippen LogP contribution is 2.25. The van der Waals surface area contributed by atoms with E-state index in [1.165, 1.54) is 4.90 Å². The second-order valence-electron chi connectivity index (χ2n) is 9.72. The summed E-state index contributed by atoms with van der Waals surface area (Å²) in [4.78, 5) is 29.2. The summed E-state index contributed by atoms with van der Waals surface area (Å²) in [5.41, 5.74) is 2.80. The molecule has 0 heterocycles. The van der Waals surface area contributed by atoms with E-state index in [0.717, 1.165) is 34.5 Å². The lowest BCUT2D eigenvalue weighted by atomic mass is 10.0. The van der Waals surface area contributed by atoms with Gasteiger partial charge in [0.2, 0.25) is 21.8 Å². The molecule has 0 bridgehead atoms. The molecule has 40 heavy (non-hydrogen) atoms. The summed E-state index contributed by atoms with van der Waals surface area (Å²) in [7, 11) is -3.82. The number of unbranched alkanes of at least 4 members (excludes halogenated alkanes) is 1. The van der Waals surface area contributed by atoms with Crippen LogP contribution in [0.15, 0.2) is 78.9 Å². The zero-order chi connectivity index (χ0) is 29.1. The lowest BCUT2D eigenvalue weighted by molar-refractivity contribution is -0.140. The monoisotopic (exact) mass is 583 g/mol. The predicted octanol–water partition coefficient (Wildman–Crippen LogP) is 5.22. The van der Waals surface area contributed by atoms with Crippen LogP contribution in [0.25, 0.3) is 0 Å². The van der Waals surface area contributed by atoms with Crippen molar-refractivity contribution in [2.75, 3.05) is 23.7 Å². The second kappa shape index (κ2) is 14.9. The maximum atomic E-state index is 14.2. The maximum absolute atomic E-state index is 14.2. The number of sulfonamides is 1. The first-order valence-corrected chi connectivity index (χ1v) is 15.8. The number of amides is 2. The Morgan fingerprint density at radius 2 is 1.52 bits per heavy atom. The first kappa shape index (κ1) is 31.2. The molecule has 1 atom stereocenters. The Bertz CT molecular complexity index is 1380. The Kier molecular flexibility index (Phi) is 11.6. The zero-order valence-electron chi connectivity index (χ0n) is 23.3. The Morgan fingerprint density at radius 1 is 0.900 bits per heavy atom. The SMILES string of the molecule is CCCCNC(=O)[C@H](Cc1ccccc1)N(Cc1ccccc1Cl)C(=O)CN(c1ccccc1CC)S(C)(=O)=O. The van der Waals surface area contributed by atoms with Crippen LogP contribution in [0.2, 0.25) is 5.02 Å². The van der Waals surface area contributed by atoms with Gasteiger partial charge >= 0.3 is 0 Å². The Morgan fingerprint density at radius 3 is 2.15 bits per heavy atom. The minimum Gasteiger partial charge on any atom is -0.354 e. The average Bonchev–Trinajstić information content (AvgIpc) is 2.94. The Balaban J connectivity index is 2.06. The minimum absolute atomic E-state index is 0.0459. The van der Waals surface area contributed by atoms with Gasteiger partial charge in [0.05, 0.1) is 11.9 Å². The Labute approximate surface area is 243 Å². The molecule has 214 valence electrons. The summed E-state index contributed by atoms with van der Waals surface area (Å²) < 4.78 is 27.1. The van der Waals surface area contributed by atoms with E-state index in [0.29, 0.717) is 29.2 Å². The number of rotatable bonds is 14. The molecule has 0 aliphatic carbocycles. The molecular weight excluding hydrogens is 546 g/mol. The van der Waals surface area contributed by atoms with Gasteiger partial charge in [-0.15, -0.1) is 0 Å². The van der Waals surface area contributed by atoms with Crippen LogP contribution in [0.4, 0.5) is 5.69 Å². The third-order valence-electron chi connectivity index (χ3n) is 6.72. The number of nitrogens with one attached hydrogen (secondary N) is 1. The Hall–Kier alpha value is -3.36. The molecule has 3 rings (SSSR count). The van der Waals surface area contributed by atoms with Crippen LogP contribution in [-0.2, 0) is 39.0 Å². The van der Waals surface area contributed by atoms with Crippen molar-refractivity contribution in [3.63, 3.8) is 0 Å². The van der Waals surface area contributed by atoms with Crippen LogP contribution in [0, 0.1) is 0 Å². The standard InChI is InChI=1S/C31H38ClN3O4S/c1-4-6-20-33-31(37)29(21-24-14-8-7-9-15-24)34(22-26-17-10-12-18-27(26)32)30(36)23-35(40(3,38)39)28-19-13-11-16-25(28)5-2/h7-19,29H,4-6,20-23H2,1-3H3,(H,33,37)/t29-/m0/s1. The van der Waals surface area contributed by atoms with Gasteiger partial charge in [0.1, 0.15) is 12.6 Å². The van der Waals surface area contributed by atoms with Crippen LogP contribution >= 0.6 is 11.6 Å². The van der Waals surface area contributed by atoms with Crippen LogP contribution in [0.5, 0.6) is 0 Å². The zero-order valence-corrected chi connectivity index (χ0v) is 24.9.